The van der Waals surface area contributed by atoms with Gasteiger partial charge in [-0.3, -0.25) is 0 Å². The molecule has 1 unspecified atom stereocenters. The summed E-state index contributed by atoms with van der Waals surface area (Å²) in [5, 5.41) is 12.7. The summed E-state index contributed by atoms with van der Waals surface area (Å²) in [5.74, 6) is -3.07. The lowest BCUT2D eigenvalue weighted by atomic mass is 10.0. The van der Waals surface area contributed by atoms with Crippen LogP contribution in [0.4, 0.5) is 13.2 Å². The van der Waals surface area contributed by atoms with Gasteiger partial charge in [-0.2, -0.15) is 0 Å². The van der Waals surface area contributed by atoms with Crippen molar-refractivity contribution in [2.24, 2.45) is 0 Å². The van der Waals surface area contributed by atoms with E-state index in [4.69, 9.17) is 0 Å². The number of hydrogen-bond acceptors (Lipinski definition) is 2. The molecular formula is C13H18F3NO. The molecule has 0 aliphatic rings. The number of nitrogens with one attached hydrogen (secondary N) is 1. The average molecular weight is 261 g/mol. The van der Waals surface area contributed by atoms with Gasteiger partial charge in [0.15, 0.2) is 11.6 Å². The van der Waals surface area contributed by atoms with Crippen molar-refractivity contribution in [2.75, 3.05) is 6.54 Å². The highest BCUT2D eigenvalue weighted by atomic mass is 19.2. The Labute approximate surface area is 105 Å². The second-order valence-electron chi connectivity index (χ2n) is 4.71. The van der Waals surface area contributed by atoms with Crippen LogP contribution in [0.5, 0.6) is 0 Å². The predicted molar refractivity (Wildman–Crippen MR) is 63.6 cm³/mol. The van der Waals surface area contributed by atoms with Gasteiger partial charge in [0.05, 0.1) is 5.60 Å². The van der Waals surface area contributed by atoms with Crippen molar-refractivity contribution in [3.63, 3.8) is 0 Å². The second-order valence-corrected chi connectivity index (χ2v) is 4.71. The van der Waals surface area contributed by atoms with E-state index in [9.17, 15) is 18.3 Å². The van der Waals surface area contributed by atoms with Crippen LogP contribution in [0.1, 0.15) is 32.3 Å². The number of halogens is 3. The second kappa shape index (κ2) is 6.20. The third-order valence-corrected chi connectivity index (χ3v) is 2.70. The van der Waals surface area contributed by atoms with Crippen LogP contribution in [0.15, 0.2) is 12.1 Å². The van der Waals surface area contributed by atoms with Gasteiger partial charge >= 0.3 is 0 Å². The van der Waals surface area contributed by atoms with E-state index in [2.05, 4.69) is 5.32 Å². The first-order valence-electron chi connectivity index (χ1n) is 5.92. The van der Waals surface area contributed by atoms with Crippen molar-refractivity contribution in [1.82, 2.24) is 5.32 Å². The molecule has 0 spiro atoms. The molecule has 1 aromatic carbocycles. The Bertz CT molecular complexity index is 407. The summed E-state index contributed by atoms with van der Waals surface area (Å²) in [6, 6.07) is 1.35. The van der Waals surface area contributed by atoms with Gasteiger partial charge in [-0.25, -0.2) is 13.2 Å². The molecule has 0 aliphatic carbocycles. The maximum absolute atomic E-state index is 13.3. The smallest absolute Gasteiger partial charge is 0.161 e. The molecule has 0 saturated heterocycles. The minimum Gasteiger partial charge on any atom is -0.389 e. The van der Waals surface area contributed by atoms with Gasteiger partial charge in [-0.05, 0) is 19.4 Å². The first kappa shape index (κ1) is 15.0. The lowest BCUT2D eigenvalue weighted by molar-refractivity contribution is 0.0497. The Kier molecular flexibility index (Phi) is 5.16. The maximum atomic E-state index is 13.3. The van der Waals surface area contributed by atoms with Crippen LogP contribution in [0.2, 0.25) is 0 Å². The van der Waals surface area contributed by atoms with Gasteiger partial charge in [-0.1, -0.05) is 13.3 Å². The zero-order valence-corrected chi connectivity index (χ0v) is 10.6. The van der Waals surface area contributed by atoms with Crippen molar-refractivity contribution in [3.8, 4) is 0 Å². The molecule has 0 heterocycles. The van der Waals surface area contributed by atoms with Gasteiger partial charge in [0.2, 0.25) is 0 Å². The van der Waals surface area contributed by atoms with Gasteiger partial charge in [-0.15, -0.1) is 0 Å². The van der Waals surface area contributed by atoms with Crippen molar-refractivity contribution < 1.29 is 18.3 Å². The molecule has 1 rings (SSSR count). The van der Waals surface area contributed by atoms with Crippen LogP contribution in [0.25, 0.3) is 0 Å². The highest BCUT2D eigenvalue weighted by Gasteiger charge is 2.18. The Morgan fingerprint density at radius 2 is 1.78 bits per heavy atom. The van der Waals surface area contributed by atoms with Crippen molar-refractivity contribution in [3.05, 3.63) is 35.1 Å². The summed E-state index contributed by atoms with van der Waals surface area (Å²) in [6.07, 6.45) is 1.44. The molecule has 1 atom stereocenters. The van der Waals surface area contributed by atoms with E-state index in [-0.39, 0.29) is 18.7 Å². The molecule has 0 radical (unpaired) electrons. The third kappa shape index (κ3) is 4.31. The number of rotatable bonds is 6. The van der Waals surface area contributed by atoms with Crippen molar-refractivity contribution >= 4 is 0 Å². The Morgan fingerprint density at radius 3 is 2.39 bits per heavy atom. The molecule has 102 valence electrons. The zero-order valence-electron chi connectivity index (χ0n) is 10.6. The summed E-state index contributed by atoms with van der Waals surface area (Å²) in [4.78, 5) is 0. The predicted octanol–water partition coefficient (Wildman–Crippen LogP) is 2.74. The molecule has 18 heavy (non-hydrogen) atoms. The summed E-state index contributed by atoms with van der Waals surface area (Å²) >= 11 is 0. The molecule has 5 heteroatoms. The van der Waals surface area contributed by atoms with E-state index in [1.165, 1.54) is 0 Å². The van der Waals surface area contributed by atoms with E-state index < -0.39 is 23.1 Å². The largest absolute Gasteiger partial charge is 0.389 e. The highest BCUT2D eigenvalue weighted by molar-refractivity contribution is 5.19. The fraction of sp³-hybridized carbons (Fsp3) is 0.538. The fourth-order valence-corrected chi connectivity index (χ4v) is 1.79. The summed E-state index contributed by atoms with van der Waals surface area (Å²) in [7, 11) is 0. The Balaban J connectivity index is 2.57. The van der Waals surface area contributed by atoms with Crippen LogP contribution in [-0.2, 0) is 6.54 Å². The van der Waals surface area contributed by atoms with E-state index >= 15 is 0 Å². The van der Waals surface area contributed by atoms with Crippen LogP contribution >= 0.6 is 0 Å². The molecule has 0 saturated carbocycles. The SMILES string of the molecule is CCCC(C)(O)CNCc1cc(F)c(F)cc1F. The minimum atomic E-state index is -1.20. The topological polar surface area (TPSA) is 32.3 Å². The third-order valence-electron chi connectivity index (χ3n) is 2.70. The lowest BCUT2D eigenvalue weighted by Gasteiger charge is -2.23. The summed E-state index contributed by atoms with van der Waals surface area (Å²) in [6.45, 7) is 3.93. The first-order valence-corrected chi connectivity index (χ1v) is 5.92. The molecule has 1 aromatic rings. The number of hydrogen-bond donors (Lipinski definition) is 2. The first-order chi connectivity index (χ1) is 8.35. The molecule has 0 aromatic heterocycles. The summed E-state index contributed by atoms with van der Waals surface area (Å²) in [5.41, 5.74) is -0.842. The number of benzene rings is 1. The van der Waals surface area contributed by atoms with Crippen LogP contribution < -0.4 is 5.32 Å². The van der Waals surface area contributed by atoms with Crippen LogP contribution in [-0.4, -0.2) is 17.3 Å². The molecule has 0 aliphatic heterocycles. The molecule has 2 N–H and O–H groups in total. The zero-order chi connectivity index (χ0) is 13.8. The van der Waals surface area contributed by atoms with Crippen LogP contribution in [0, 0.1) is 17.5 Å². The Hall–Kier alpha value is -1.07. The van der Waals surface area contributed by atoms with E-state index in [1.807, 2.05) is 6.92 Å². The minimum absolute atomic E-state index is 0.0428. The molecule has 0 fully saturated rings. The Morgan fingerprint density at radius 1 is 1.17 bits per heavy atom. The van der Waals surface area contributed by atoms with Gasteiger partial charge < -0.3 is 10.4 Å². The average Bonchev–Trinajstić information content (AvgIpc) is 2.25. The standard InChI is InChI=1S/C13H18F3NO/c1-3-4-13(2,18)8-17-7-9-5-11(15)12(16)6-10(9)14/h5-6,17-18H,3-4,7-8H2,1-2H3. The van der Waals surface area contributed by atoms with E-state index in [0.717, 1.165) is 12.5 Å². The van der Waals surface area contributed by atoms with Gasteiger partial charge in [0.1, 0.15) is 5.82 Å². The van der Waals surface area contributed by atoms with Crippen LogP contribution in [0.3, 0.4) is 0 Å². The quantitative estimate of drug-likeness (QED) is 0.772. The number of aliphatic hydroxyl groups is 1. The van der Waals surface area contributed by atoms with Crippen molar-refractivity contribution in [2.45, 2.75) is 38.8 Å². The van der Waals surface area contributed by atoms with Crippen molar-refractivity contribution in [1.29, 1.82) is 0 Å². The monoisotopic (exact) mass is 261 g/mol. The fourth-order valence-electron chi connectivity index (χ4n) is 1.79. The maximum Gasteiger partial charge on any atom is 0.161 e. The lowest BCUT2D eigenvalue weighted by Crippen LogP contribution is -2.37. The van der Waals surface area contributed by atoms with Gasteiger partial charge in [0.25, 0.3) is 0 Å². The molecule has 0 bridgehead atoms. The normalized spacial score (nSPS) is 14.6. The molecule has 2 nitrogen and oxygen atoms in total. The van der Waals surface area contributed by atoms with E-state index in [0.29, 0.717) is 12.5 Å². The van der Waals surface area contributed by atoms with E-state index in [1.54, 1.807) is 6.92 Å². The summed E-state index contributed by atoms with van der Waals surface area (Å²) < 4.78 is 38.9. The molecule has 0 amide bonds. The molecular weight excluding hydrogens is 243 g/mol. The van der Waals surface area contributed by atoms with Gasteiger partial charge in [0, 0.05) is 24.7 Å². The highest BCUT2D eigenvalue weighted by Crippen LogP contribution is 2.14.